The molecule has 0 aliphatic carbocycles. The highest BCUT2D eigenvalue weighted by molar-refractivity contribution is 7.91. The maximum Gasteiger partial charge on any atom is 0.243 e. The van der Waals surface area contributed by atoms with E-state index >= 15 is 0 Å². The SMILES string of the molecule is Cc1ccc(S(=O)(=O)c2nc(C=NNc3nc(-c4ccccc4)cs3)oc2N2CCOCC2)cc1. The van der Waals surface area contributed by atoms with E-state index in [9.17, 15) is 8.42 Å². The van der Waals surface area contributed by atoms with Gasteiger partial charge in [-0.2, -0.15) is 10.1 Å². The third-order valence-electron chi connectivity index (χ3n) is 5.39. The van der Waals surface area contributed by atoms with Crippen LogP contribution in [0.4, 0.5) is 11.0 Å². The van der Waals surface area contributed by atoms with Gasteiger partial charge >= 0.3 is 0 Å². The predicted octanol–water partition coefficient (Wildman–Crippen LogP) is 4.22. The standard InChI is InChI=1S/C24H23N5O4S2/c1-17-7-9-19(10-8-17)35(30,31)22-23(29-11-13-32-14-12-29)33-21(27-22)15-25-28-24-26-20(16-34-24)18-5-3-2-4-6-18/h2-10,15-16H,11-14H2,1H3,(H,26,28). The zero-order valence-electron chi connectivity index (χ0n) is 18.9. The van der Waals surface area contributed by atoms with Crippen molar-refractivity contribution in [3.8, 4) is 11.3 Å². The van der Waals surface area contributed by atoms with Crippen molar-refractivity contribution in [2.75, 3.05) is 36.6 Å². The number of rotatable bonds is 7. The number of aromatic nitrogens is 2. The number of anilines is 2. The monoisotopic (exact) mass is 509 g/mol. The molecule has 35 heavy (non-hydrogen) atoms. The Hall–Kier alpha value is -3.54. The van der Waals surface area contributed by atoms with E-state index in [1.807, 2.05) is 47.5 Å². The van der Waals surface area contributed by atoms with Gasteiger partial charge in [-0.3, -0.25) is 5.43 Å². The maximum absolute atomic E-state index is 13.4. The highest BCUT2D eigenvalue weighted by atomic mass is 32.2. The van der Waals surface area contributed by atoms with E-state index in [4.69, 9.17) is 9.15 Å². The Labute approximate surface area is 207 Å². The molecule has 0 radical (unpaired) electrons. The van der Waals surface area contributed by atoms with Gasteiger partial charge in [0, 0.05) is 24.0 Å². The van der Waals surface area contributed by atoms with Crippen molar-refractivity contribution in [2.24, 2.45) is 5.10 Å². The molecule has 1 aliphatic rings. The number of hydrogen-bond donors (Lipinski definition) is 1. The molecule has 0 saturated carbocycles. The number of aryl methyl sites for hydroxylation is 1. The second-order valence-electron chi connectivity index (χ2n) is 7.85. The normalized spacial score (nSPS) is 14.5. The molecule has 0 unspecified atom stereocenters. The van der Waals surface area contributed by atoms with E-state index in [-0.39, 0.29) is 21.7 Å². The maximum atomic E-state index is 13.4. The number of nitrogens with zero attached hydrogens (tertiary/aromatic N) is 4. The molecule has 4 aromatic rings. The van der Waals surface area contributed by atoms with Gasteiger partial charge in [0.15, 0.2) is 0 Å². The lowest BCUT2D eigenvalue weighted by Gasteiger charge is -2.26. The zero-order valence-corrected chi connectivity index (χ0v) is 20.6. The van der Waals surface area contributed by atoms with Crippen LogP contribution in [0.1, 0.15) is 11.5 Å². The van der Waals surface area contributed by atoms with Crippen LogP contribution in [0.5, 0.6) is 0 Å². The van der Waals surface area contributed by atoms with Crippen LogP contribution in [-0.2, 0) is 14.6 Å². The number of benzene rings is 2. The van der Waals surface area contributed by atoms with Crippen LogP contribution < -0.4 is 10.3 Å². The first-order chi connectivity index (χ1) is 17.0. The van der Waals surface area contributed by atoms with Crippen LogP contribution >= 0.6 is 11.3 Å². The third kappa shape index (κ3) is 5.11. The van der Waals surface area contributed by atoms with Gasteiger partial charge in [0.2, 0.25) is 31.8 Å². The van der Waals surface area contributed by atoms with Crippen LogP contribution in [-0.4, -0.2) is 50.9 Å². The first kappa shape index (κ1) is 23.2. The summed E-state index contributed by atoms with van der Waals surface area (Å²) < 4.78 is 38.1. The van der Waals surface area contributed by atoms with Gasteiger partial charge in [-0.05, 0) is 19.1 Å². The summed E-state index contributed by atoms with van der Waals surface area (Å²) in [6.07, 6.45) is 1.35. The van der Waals surface area contributed by atoms with Crippen molar-refractivity contribution in [3.05, 3.63) is 71.4 Å². The summed E-state index contributed by atoms with van der Waals surface area (Å²) in [6.45, 7) is 3.86. The quantitative estimate of drug-likeness (QED) is 0.291. The van der Waals surface area contributed by atoms with Crippen molar-refractivity contribution in [1.82, 2.24) is 9.97 Å². The summed E-state index contributed by atoms with van der Waals surface area (Å²) in [4.78, 5) is 10.8. The Morgan fingerprint density at radius 1 is 1.06 bits per heavy atom. The molecule has 1 saturated heterocycles. The van der Waals surface area contributed by atoms with Gasteiger partial charge in [-0.25, -0.2) is 13.4 Å². The topological polar surface area (TPSA) is 110 Å². The van der Waals surface area contributed by atoms with E-state index in [1.165, 1.54) is 17.6 Å². The van der Waals surface area contributed by atoms with Crippen LogP contribution in [0.2, 0.25) is 0 Å². The van der Waals surface area contributed by atoms with Crippen LogP contribution in [0.3, 0.4) is 0 Å². The van der Waals surface area contributed by atoms with Crippen LogP contribution in [0, 0.1) is 6.92 Å². The second kappa shape index (κ2) is 9.98. The molecule has 0 amide bonds. The molecule has 11 heteroatoms. The molecule has 1 N–H and O–H groups in total. The zero-order chi connectivity index (χ0) is 24.3. The Morgan fingerprint density at radius 2 is 1.80 bits per heavy atom. The van der Waals surface area contributed by atoms with Crippen molar-refractivity contribution in [2.45, 2.75) is 16.8 Å². The van der Waals surface area contributed by atoms with Gasteiger partial charge in [0.1, 0.15) is 6.21 Å². The molecular weight excluding hydrogens is 486 g/mol. The lowest BCUT2D eigenvalue weighted by atomic mass is 10.2. The Kier molecular flexibility index (Phi) is 6.62. The number of morpholine rings is 1. The fraction of sp³-hybridized carbons (Fsp3) is 0.208. The summed E-state index contributed by atoms with van der Waals surface area (Å²) in [5.41, 5.74) is 5.68. The highest BCUT2D eigenvalue weighted by Crippen LogP contribution is 2.31. The minimum absolute atomic E-state index is 0.0736. The van der Waals surface area contributed by atoms with Crippen LogP contribution in [0.25, 0.3) is 11.3 Å². The summed E-state index contributed by atoms with van der Waals surface area (Å²) in [5, 5.41) is 6.55. The number of nitrogens with one attached hydrogen (secondary N) is 1. The lowest BCUT2D eigenvalue weighted by molar-refractivity contribution is 0.120. The average molecular weight is 510 g/mol. The first-order valence-electron chi connectivity index (χ1n) is 11.0. The van der Waals surface area contributed by atoms with Crippen molar-refractivity contribution in [3.63, 3.8) is 0 Å². The fourth-order valence-corrected chi connectivity index (χ4v) is 5.55. The first-order valence-corrected chi connectivity index (χ1v) is 13.3. The smallest absolute Gasteiger partial charge is 0.243 e. The number of thiazole rings is 1. The van der Waals surface area contributed by atoms with E-state index < -0.39 is 9.84 Å². The lowest BCUT2D eigenvalue weighted by Crippen LogP contribution is -2.36. The van der Waals surface area contributed by atoms with Gasteiger partial charge < -0.3 is 14.1 Å². The van der Waals surface area contributed by atoms with Gasteiger partial charge in [0.05, 0.1) is 23.8 Å². The molecule has 0 spiro atoms. The van der Waals surface area contributed by atoms with Crippen molar-refractivity contribution in [1.29, 1.82) is 0 Å². The predicted molar refractivity (Wildman–Crippen MR) is 135 cm³/mol. The molecule has 0 atom stereocenters. The van der Waals surface area contributed by atoms with Gasteiger partial charge in [-0.15, -0.1) is 11.3 Å². The van der Waals surface area contributed by atoms with Crippen molar-refractivity contribution >= 4 is 38.4 Å². The number of hydrogen-bond acceptors (Lipinski definition) is 10. The summed E-state index contributed by atoms with van der Waals surface area (Å²) in [6, 6.07) is 16.5. The summed E-state index contributed by atoms with van der Waals surface area (Å²) in [5.74, 6) is 0.264. The van der Waals surface area contributed by atoms with E-state index in [0.29, 0.717) is 31.4 Å². The molecule has 180 valence electrons. The summed E-state index contributed by atoms with van der Waals surface area (Å²) >= 11 is 1.41. The molecule has 1 fully saturated rings. The molecule has 2 aromatic carbocycles. The summed E-state index contributed by atoms with van der Waals surface area (Å²) in [7, 11) is -3.90. The van der Waals surface area contributed by atoms with E-state index in [0.717, 1.165) is 16.8 Å². The minimum atomic E-state index is -3.90. The molecule has 5 rings (SSSR count). The average Bonchev–Trinajstić information content (AvgIpc) is 3.54. The van der Waals surface area contributed by atoms with Gasteiger partial charge in [-0.1, -0.05) is 48.0 Å². The number of sulfone groups is 1. The van der Waals surface area contributed by atoms with Crippen LogP contribution in [0.15, 0.2) is 79.4 Å². The Bertz CT molecular complexity index is 1420. The molecular formula is C24H23N5O4S2. The molecule has 1 aliphatic heterocycles. The van der Waals surface area contributed by atoms with Gasteiger partial charge in [0.25, 0.3) is 0 Å². The fourth-order valence-electron chi connectivity index (χ4n) is 3.55. The van der Waals surface area contributed by atoms with E-state index in [2.05, 4.69) is 20.5 Å². The Morgan fingerprint density at radius 3 is 2.54 bits per heavy atom. The van der Waals surface area contributed by atoms with E-state index in [1.54, 1.807) is 24.3 Å². The Balaban J connectivity index is 1.40. The molecule has 0 bridgehead atoms. The molecule has 3 heterocycles. The minimum Gasteiger partial charge on any atom is -0.418 e. The third-order valence-corrected chi connectivity index (χ3v) is 7.80. The van der Waals surface area contributed by atoms with Crippen molar-refractivity contribution < 1.29 is 17.6 Å². The molecule has 2 aromatic heterocycles. The molecule has 9 nitrogen and oxygen atoms in total. The second-order valence-corrected chi connectivity index (χ2v) is 10.6. The number of oxazole rings is 1. The largest absolute Gasteiger partial charge is 0.418 e. The number of hydrazone groups is 1. The highest BCUT2D eigenvalue weighted by Gasteiger charge is 2.31. The number of ether oxygens (including phenoxy) is 1.